The molecule has 1 heterocycles. The van der Waals surface area contributed by atoms with Gasteiger partial charge in [0.15, 0.2) is 5.76 Å². The van der Waals surface area contributed by atoms with Crippen LogP contribution in [0, 0.1) is 0 Å². The van der Waals surface area contributed by atoms with Gasteiger partial charge >= 0.3 is 0 Å². The van der Waals surface area contributed by atoms with Crippen LogP contribution < -0.4 is 4.74 Å². The normalized spacial score (nSPS) is 15.2. The number of carbonyl (C=O) groups is 2. The molecular formula is C15H17NO4. The van der Waals surface area contributed by atoms with Crippen molar-refractivity contribution in [3.8, 4) is 5.75 Å². The van der Waals surface area contributed by atoms with Crippen molar-refractivity contribution >= 4 is 17.4 Å². The van der Waals surface area contributed by atoms with Crippen LogP contribution in [-0.4, -0.2) is 35.5 Å². The Labute approximate surface area is 117 Å². The monoisotopic (exact) mass is 275 g/mol. The topological polar surface area (TPSA) is 66.8 Å². The molecule has 0 atom stereocenters. The quantitative estimate of drug-likeness (QED) is 0.836. The lowest BCUT2D eigenvalue weighted by molar-refractivity contribution is -0.138. The van der Waals surface area contributed by atoms with Crippen LogP contribution in [0.15, 0.2) is 30.0 Å². The van der Waals surface area contributed by atoms with Crippen LogP contribution in [0.3, 0.4) is 0 Å². The first-order valence-electron chi connectivity index (χ1n) is 6.54. The van der Waals surface area contributed by atoms with Gasteiger partial charge in [0.05, 0.1) is 12.7 Å². The van der Waals surface area contributed by atoms with Gasteiger partial charge in [-0.15, -0.1) is 0 Å². The second-order valence-corrected chi connectivity index (χ2v) is 4.57. The lowest BCUT2D eigenvalue weighted by Gasteiger charge is -2.13. The molecule has 0 spiro atoms. The molecule has 1 aromatic carbocycles. The lowest BCUT2D eigenvalue weighted by Crippen LogP contribution is -2.32. The third-order valence-electron chi connectivity index (χ3n) is 3.26. The Hall–Kier alpha value is -2.30. The minimum atomic E-state index is -0.616. The molecule has 106 valence electrons. The number of aliphatic hydroxyl groups excluding tert-OH is 1. The number of carbonyl (C=O) groups excluding carboxylic acids is 2. The van der Waals surface area contributed by atoms with E-state index in [2.05, 4.69) is 0 Å². The standard InChI is InChI=1S/C15H17NO4/c1-3-4-9-16-14(18)12(13(17)15(16)19)10-5-7-11(20-2)8-6-10/h5-8,17H,3-4,9H2,1-2H3. The largest absolute Gasteiger partial charge is 0.502 e. The Morgan fingerprint density at radius 2 is 1.80 bits per heavy atom. The van der Waals surface area contributed by atoms with Gasteiger partial charge in [-0.05, 0) is 24.1 Å². The summed E-state index contributed by atoms with van der Waals surface area (Å²) in [4.78, 5) is 25.2. The van der Waals surface area contributed by atoms with Crippen LogP contribution in [-0.2, 0) is 9.59 Å². The minimum absolute atomic E-state index is 0.0637. The predicted molar refractivity (Wildman–Crippen MR) is 74.2 cm³/mol. The van der Waals surface area contributed by atoms with E-state index in [1.165, 1.54) is 0 Å². The van der Waals surface area contributed by atoms with E-state index in [1.54, 1.807) is 31.4 Å². The van der Waals surface area contributed by atoms with E-state index in [1.807, 2.05) is 6.92 Å². The molecule has 0 bridgehead atoms. The minimum Gasteiger partial charge on any atom is -0.502 e. The van der Waals surface area contributed by atoms with Gasteiger partial charge in [0, 0.05) is 6.54 Å². The number of unbranched alkanes of at least 4 members (excludes halogenated alkanes) is 1. The van der Waals surface area contributed by atoms with Gasteiger partial charge in [0.1, 0.15) is 5.75 Å². The first kappa shape index (κ1) is 14.1. The van der Waals surface area contributed by atoms with E-state index in [9.17, 15) is 14.7 Å². The Kier molecular flexibility index (Phi) is 4.08. The molecule has 0 radical (unpaired) electrons. The highest BCUT2D eigenvalue weighted by molar-refractivity contribution is 6.34. The summed E-state index contributed by atoms with van der Waals surface area (Å²) in [5, 5.41) is 9.91. The molecular weight excluding hydrogens is 258 g/mol. The Bertz CT molecular complexity index is 560. The predicted octanol–water partition coefficient (Wildman–Crippen LogP) is 2.13. The summed E-state index contributed by atoms with van der Waals surface area (Å²) in [6.45, 7) is 2.31. The fraction of sp³-hybridized carbons (Fsp3) is 0.333. The van der Waals surface area contributed by atoms with E-state index < -0.39 is 17.6 Å². The van der Waals surface area contributed by atoms with Gasteiger partial charge in [-0.25, -0.2) is 0 Å². The highest BCUT2D eigenvalue weighted by atomic mass is 16.5. The van der Waals surface area contributed by atoms with Gasteiger partial charge in [0.2, 0.25) is 0 Å². The highest BCUT2D eigenvalue weighted by Gasteiger charge is 2.38. The van der Waals surface area contributed by atoms with Gasteiger partial charge in [-0.3, -0.25) is 14.5 Å². The van der Waals surface area contributed by atoms with Crippen LogP contribution in [0.2, 0.25) is 0 Å². The highest BCUT2D eigenvalue weighted by Crippen LogP contribution is 2.29. The summed E-state index contributed by atoms with van der Waals surface area (Å²) >= 11 is 0. The second-order valence-electron chi connectivity index (χ2n) is 4.57. The molecule has 0 fully saturated rings. The van der Waals surface area contributed by atoms with Crippen molar-refractivity contribution in [2.45, 2.75) is 19.8 Å². The number of aliphatic hydroxyl groups is 1. The molecule has 2 amide bonds. The van der Waals surface area contributed by atoms with Gasteiger partial charge in [-0.1, -0.05) is 25.5 Å². The van der Waals surface area contributed by atoms with Crippen molar-refractivity contribution in [3.63, 3.8) is 0 Å². The summed E-state index contributed by atoms with van der Waals surface area (Å²) in [6.07, 6.45) is 1.59. The summed E-state index contributed by atoms with van der Waals surface area (Å²) in [5.41, 5.74) is 0.578. The lowest BCUT2D eigenvalue weighted by atomic mass is 10.1. The fourth-order valence-electron chi connectivity index (χ4n) is 2.10. The maximum absolute atomic E-state index is 12.2. The number of amides is 2. The molecule has 5 heteroatoms. The summed E-state index contributed by atoms with van der Waals surface area (Å²) in [5.74, 6) is -0.884. The van der Waals surface area contributed by atoms with E-state index in [0.29, 0.717) is 17.9 Å². The zero-order valence-electron chi connectivity index (χ0n) is 11.5. The average molecular weight is 275 g/mol. The van der Waals surface area contributed by atoms with Crippen LogP contribution in [0.4, 0.5) is 0 Å². The third kappa shape index (κ3) is 2.39. The van der Waals surface area contributed by atoms with Crippen LogP contribution in [0.5, 0.6) is 5.75 Å². The molecule has 0 saturated carbocycles. The molecule has 2 rings (SSSR count). The first-order valence-corrected chi connectivity index (χ1v) is 6.54. The molecule has 1 aromatic rings. The van der Waals surface area contributed by atoms with Crippen molar-refractivity contribution in [3.05, 3.63) is 35.6 Å². The second kappa shape index (κ2) is 5.77. The molecule has 0 saturated heterocycles. The van der Waals surface area contributed by atoms with Gasteiger partial charge < -0.3 is 9.84 Å². The number of benzene rings is 1. The van der Waals surface area contributed by atoms with Crippen molar-refractivity contribution in [1.29, 1.82) is 0 Å². The number of hydrogen-bond donors (Lipinski definition) is 1. The van der Waals surface area contributed by atoms with Crippen molar-refractivity contribution in [2.24, 2.45) is 0 Å². The summed E-state index contributed by atoms with van der Waals surface area (Å²) < 4.78 is 5.04. The van der Waals surface area contributed by atoms with Crippen LogP contribution >= 0.6 is 0 Å². The first-order chi connectivity index (χ1) is 9.60. The third-order valence-corrected chi connectivity index (χ3v) is 3.26. The van der Waals surface area contributed by atoms with Crippen LogP contribution in [0.25, 0.3) is 5.57 Å². The van der Waals surface area contributed by atoms with Gasteiger partial charge in [0.25, 0.3) is 11.8 Å². The molecule has 1 aliphatic rings. The fourth-order valence-corrected chi connectivity index (χ4v) is 2.10. The van der Waals surface area contributed by atoms with Crippen LogP contribution in [0.1, 0.15) is 25.3 Å². The number of rotatable bonds is 5. The average Bonchev–Trinajstić information content (AvgIpc) is 2.68. The summed E-state index contributed by atoms with van der Waals surface area (Å²) in [7, 11) is 1.54. The maximum Gasteiger partial charge on any atom is 0.296 e. The summed E-state index contributed by atoms with van der Waals surface area (Å²) in [6, 6.07) is 6.67. The number of methoxy groups -OCH3 is 1. The smallest absolute Gasteiger partial charge is 0.296 e. The zero-order valence-corrected chi connectivity index (χ0v) is 11.5. The Balaban J connectivity index is 2.30. The molecule has 20 heavy (non-hydrogen) atoms. The van der Waals surface area contributed by atoms with Crippen molar-refractivity contribution in [1.82, 2.24) is 4.90 Å². The van der Waals surface area contributed by atoms with Gasteiger partial charge in [-0.2, -0.15) is 0 Å². The zero-order chi connectivity index (χ0) is 14.7. The van der Waals surface area contributed by atoms with Crippen molar-refractivity contribution < 1.29 is 19.4 Å². The Morgan fingerprint density at radius 1 is 1.15 bits per heavy atom. The molecule has 0 unspecified atom stereocenters. The number of ether oxygens (including phenoxy) is 1. The molecule has 0 aromatic heterocycles. The number of nitrogens with zero attached hydrogens (tertiary/aromatic N) is 1. The van der Waals surface area contributed by atoms with E-state index in [-0.39, 0.29) is 5.57 Å². The number of hydrogen-bond acceptors (Lipinski definition) is 4. The SMILES string of the molecule is CCCCN1C(=O)C(O)=C(c2ccc(OC)cc2)C1=O. The van der Waals surface area contributed by atoms with Crippen molar-refractivity contribution in [2.75, 3.05) is 13.7 Å². The molecule has 1 N–H and O–H groups in total. The molecule has 5 nitrogen and oxygen atoms in total. The van der Waals surface area contributed by atoms with E-state index in [4.69, 9.17) is 4.74 Å². The molecule has 0 aliphatic carbocycles. The maximum atomic E-state index is 12.2. The Morgan fingerprint density at radius 3 is 2.35 bits per heavy atom. The van der Waals surface area contributed by atoms with E-state index >= 15 is 0 Å². The number of imide groups is 1. The van der Waals surface area contributed by atoms with E-state index in [0.717, 1.165) is 17.7 Å². The molecule has 1 aliphatic heterocycles.